The lowest BCUT2D eigenvalue weighted by atomic mass is 9.70. The molecule has 234 valence electrons. The first-order chi connectivity index (χ1) is 20.9. The molecule has 2 bridgehead atoms. The van der Waals surface area contributed by atoms with Crippen molar-refractivity contribution < 1.29 is 19.5 Å². The van der Waals surface area contributed by atoms with Crippen LogP contribution in [0.5, 0.6) is 0 Å². The number of unbranched alkanes of at least 4 members (excludes halogenated alkanes) is 3. The molecule has 3 heterocycles. The van der Waals surface area contributed by atoms with E-state index in [4.69, 9.17) is 0 Å². The van der Waals surface area contributed by atoms with Crippen LogP contribution in [0.3, 0.4) is 0 Å². The van der Waals surface area contributed by atoms with Crippen molar-refractivity contribution >= 4 is 51.1 Å². The summed E-state index contributed by atoms with van der Waals surface area (Å²) in [6.07, 6.45) is 12.8. The Morgan fingerprint density at radius 1 is 1.02 bits per heavy atom. The highest BCUT2D eigenvalue weighted by atomic mass is 79.9. The number of hydrogen-bond donors (Lipinski definition) is 1. The minimum atomic E-state index is -0.664. The summed E-state index contributed by atoms with van der Waals surface area (Å²) in [7, 11) is 0. The molecular formula is C34H46BrN3O4S. The monoisotopic (exact) mass is 671 g/mol. The second kappa shape index (κ2) is 14.3. The highest BCUT2D eigenvalue weighted by Crippen LogP contribution is 2.68. The number of alkyl halides is 1. The molecule has 5 rings (SSSR count). The van der Waals surface area contributed by atoms with Crippen LogP contribution in [0.15, 0.2) is 55.6 Å². The molecule has 3 aliphatic heterocycles. The van der Waals surface area contributed by atoms with Crippen LogP contribution < -0.4 is 4.90 Å². The zero-order valence-corrected chi connectivity index (χ0v) is 27.5. The molecule has 4 fully saturated rings. The van der Waals surface area contributed by atoms with Crippen molar-refractivity contribution in [2.45, 2.75) is 91.1 Å². The van der Waals surface area contributed by atoms with Gasteiger partial charge in [0.2, 0.25) is 17.7 Å². The van der Waals surface area contributed by atoms with E-state index < -0.39 is 22.6 Å². The van der Waals surface area contributed by atoms with Gasteiger partial charge in [0.15, 0.2) is 0 Å². The Bertz CT molecular complexity index is 1180. The maximum absolute atomic E-state index is 14.8. The van der Waals surface area contributed by atoms with Crippen LogP contribution in [0, 0.1) is 11.8 Å². The summed E-state index contributed by atoms with van der Waals surface area (Å²) in [6, 6.07) is 9.13. The Kier molecular flexibility index (Phi) is 10.8. The van der Waals surface area contributed by atoms with Crippen LogP contribution in [-0.2, 0) is 14.4 Å². The number of nitrogens with zero attached hydrogens (tertiary/aromatic N) is 3. The van der Waals surface area contributed by atoms with Crippen molar-refractivity contribution in [1.29, 1.82) is 0 Å². The van der Waals surface area contributed by atoms with Crippen LogP contribution in [0.1, 0.15) is 64.2 Å². The lowest BCUT2D eigenvalue weighted by Gasteiger charge is -2.41. The molecule has 7 nitrogen and oxygen atoms in total. The maximum Gasteiger partial charge on any atom is 0.247 e. The fourth-order valence-corrected chi connectivity index (χ4v) is 11.6. The summed E-state index contributed by atoms with van der Waals surface area (Å²) < 4.78 is -0.664. The molecule has 1 N–H and O–H groups in total. The average molecular weight is 673 g/mol. The second-order valence-corrected chi connectivity index (χ2v) is 15.2. The first kappa shape index (κ1) is 32.3. The number of rotatable bonds is 14. The number of hydrogen-bond acceptors (Lipinski definition) is 5. The fraction of sp³-hybridized carbons (Fsp3) is 0.618. The van der Waals surface area contributed by atoms with Gasteiger partial charge in [-0.15, -0.1) is 24.9 Å². The molecule has 1 aliphatic carbocycles. The van der Waals surface area contributed by atoms with E-state index in [9.17, 15) is 19.5 Å². The zero-order chi connectivity index (χ0) is 30.6. The second-order valence-electron chi connectivity index (χ2n) is 12.5. The predicted molar refractivity (Wildman–Crippen MR) is 177 cm³/mol. The summed E-state index contributed by atoms with van der Waals surface area (Å²) in [5.74, 6) is -1.19. The van der Waals surface area contributed by atoms with Gasteiger partial charge < -0.3 is 19.8 Å². The average Bonchev–Trinajstić information content (AvgIpc) is 3.62. The maximum atomic E-state index is 14.8. The van der Waals surface area contributed by atoms with Gasteiger partial charge in [-0.25, -0.2) is 0 Å². The first-order valence-corrected chi connectivity index (χ1v) is 17.8. The number of thioether (sulfide) groups is 1. The van der Waals surface area contributed by atoms with E-state index in [0.717, 1.165) is 57.1 Å². The third-order valence-corrected chi connectivity index (χ3v) is 13.1. The molecule has 3 amide bonds. The number of amides is 3. The lowest BCUT2D eigenvalue weighted by Crippen LogP contribution is -2.57. The predicted octanol–water partition coefficient (Wildman–Crippen LogP) is 5.57. The molecule has 4 aliphatic rings. The molecule has 1 aromatic rings. The Morgan fingerprint density at radius 2 is 1.72 bits per heavy atom. The lowest BCUT2D eigenvalue weighted by molar-refractivity contribution is -0.144. The number of halogens is 1. The molecule has 9 heteroatoms. The Labute approximate surface area is 269 Å². The summed E-state index contributed by atoms with van der Waals surface area (Å²) in [5, 5.41) is 9.15. The summed E-state index contributed by atoms with van der Waals surface area (Å²) in [6.45, 7) is 9.34. The minimum Gasteiger partial charge on any atom is -0.396 e. The van der Waals surface area contributed by atoms with Crippen molar-refractivity contribution in [2.24, 2.45) is 11.8 Å². The van der Waals surface area contributed by atoms with Crippen LogP contribution in [0.2, 0.25) is 0 Å². The van der Waals surface area contributed by atoms with Crippen molar-refractivity contribution in [2.75, 3.05) is 31.1 Å². The van der Waals surface area contributed by atoms with Crippen LogP contribution in [0.4, 0.5) is 5.69 Å². The van der Waals surface area contributed by atoms with Gasteiger partial charge in [0, 0.05) is 48.0 Å². The van der Waals surface area contributed by atoms with Gasteiger partial charge >= 0.3 is 0 Å². The summed E-state index contributed by atoms with van der Waals surface area (Å²) in [4.78, 5) is 49.5. The van der Waals surface area contributed by atoms with E-state index in [1.54, 1.807) is 22.7 Å². The van der Waals surface area contributed by atoms with Gasteiger partial charge in [0.1, 0.15) is 6.04 Å². The van der Waals surface area contributed by atoms with E-state index in [1.165, 1.54) is 6.42 Å². The van der Waals surface area contributed by atoms with Gasteiger partial charge in [0.05, 0.1) is 16.6 Å². The van der Waals surface area contributed by atoms with E-state index in [2.05, 4.69) is 29.1 Å². The number of para-hydroxylation sites is 1. The van der Waals surface area contributed by atoms with Crippen molar-refractivity contribution in [3.05, 3.63) is 55.6 Å². The zero-order valence-electron chi connectivity index (χ0n) is 25.1. The van der Waals surface area contributed by atoms with Gasteiger partial charge in [-0.2, -0.15) is 0 Å². The van der Waals surface area contributed by atoms with Gasteiger partial charge in [0.25, 0.3) is 0 Å². The van der Waals surface area contributed by atoms with Crippen LogP contribution >= 0.6 is 27.7 Å². The molecule has 1 aromatic carbocycles. The number of carbonyl (C=O) groups excluding carboxylic acids is 3. The Morgan fingerprint density at radius 3 is 2.40 bits per heavy atom. The molecule has 1 saturated carbocycles. The quantitative estimate of drug-likeness (QED) is 0.159. The third-order valence-electron chi connectivity index (χ3n) is 9.89. The van der Waals surface area contributed by atoms with Gasteiger partial charge in [-0.3, -0.25) is 14.4 Å². The smallest absolute Gasteiger partial charge is 0.247 e. The molecule has 1 spiro atoms. The number of anilines is 1. The molecule has 43 heavy (non-hydrogen) atoms. The minimum absolute atomic E-state index is 0.0185. The van der Waals surface area contributed by atoms with Crippen LogP contribution in [-0.4, -0.2) is 85.8 Å². The van der Waals surface area contributed by atoms with Crippen molar-refractivity contribution in [3.8, 4) is 0 Å². The number of aliphatic hydroxyl groups excluding tert-OH is 1. The number of likely N-dealkylation sites (tertiary alicyclic amines) is 1. The molecule has 6 atom stereocenters. The van der Waals surface area contributed by atoms with Gasteiger partial charge in [-0.05, 0) is 44.2 Å². The number of benzene rings is 1. The summed E-state index contributed by atoms with van der Waals surface area (Å²) in [5.41, 5.74) is 0.786. The normalized spacial score (nSPS) is 29.9. The molecule has 0 aromatic heterocycles. The van der Waals surface area contributed by atoms with E-state index in [-0.39, 0.29) is 40.4 Å². The first-order valence-electron chi connectivity index (χ1n) is 16.0. The fourth-order valence-electron chi connectivity index (χ4n) is 8.03. The van der Waals surface area contributed by atoms with E-state index in [1.807, 2.05) is 46.2 Å². The highest BCUT2D eigenvalue weighted by molar-refractivity contribution is 9.09. The third kappa shape index (κ3) is 6.10. The highest BCUT2D eigenvalue weighted by Gasteiger charge is 2.76. The van der Waals surface area contributed by atoms with Gasteiger partial charge in [-0.1, -0.05) is 78.4 Å². The topological polar surface area (TPSA) is 81.2 Å². The number of fused-ring (bicyclic) bond motifs is 1. The molecule has 3 unspecified atom stereocenters. The molecule has 0 radical (unpaired) electrons. The largest absolute Gasteiger partial charge is 0.396 e. The van der Waals surface area contributed by atoms with Crippen molar-refractivity contribution in [1.82, 2.24) is 9.80 Å². The van der Waals surface area contributed by atoms with E-state index >= 15 is 0 Å². The molecular weight excluding hydrogens is 626 g/mol. The SMILES string of the molecule is C=CCN(C(=O)[C@H]1[C@@H]2SC3(CC2Br)C(C(=O)N(CC=C)C2CCCCC2)N(CCCCCCO)C(=O)[C@H]13)c1ccccc1. The molecule has 3 saturated heterocycles. The van der Waals surface area contributed by atoms with Crippen LogP contribution in [0.25, 0.3) is 0 Å². The Balaban J connectivity index is 1.51. The summed E-state index contributed by atoms with van der Waals surface area (Å²) >= 11 is 5.62. The standard InChI is InChI=1S/C34H46BrN3O4S/c1-3-19-36(24-15-9-7-10-16-24)31(40)27-28-32(41)38(21-13-5-6-14-22-39)30(34(28)23-26(35)29(27)43-34)33(42)37(20-4-2)25-17-11-8-12-18-25/h3-4,7,9-10,15-16,25-30,39H,1-2,5-6,8,11-14,17-23H2/t26?,27-,28+,29-,30?,34?/m1/s1. The van der Waals surface area contributed by atoms with E-state index in [0.29, 0.717) is 26.1 Å². The number of carbonyl (C=O) groups is 3. The number of aliphatic hydroxyl groups is 1. The van der Waals surface area contributed by atoms with Crippen molar-refractivity contribution in [3.63, 3.8) is 0 Å². The Hall–Kier alpha value is -2.10.